The molecule has 1 heteroatoms. The number of rotatable bonds is 6. The van der Waals surface area contributed by atoms with E-state index >= 15 is 0 Å². The van der Waals surface area contributed by atoms with Crippen LogP contribution >= 0.6 is 0 Å². The standard InChI is InChI=1S/C61H47N/c1-59(2)53-24-14-11-21-47(53)50-35-32-45(38-56(50)59)62(46-33-36-51-48-22-12-15-25-54(48)60(3,4)57(51)39-46)44-30-27-40(28-31-44)41-29-34-52-49-23-13-16-26-55(49)61(58(52)37-41,42-17-7-5-8-18-42)43-19-9-6-10-20-43/h5-39H,1-4H3. The summed E-state index contributed by atoms with van der Waals surface area (Å²) in [5, 5.41) is 0. The summed E-state index contributed by atoms with van der Waals surface area (Å²) < 4.78 is 0. The molecule has 0 fully saturated rings. The Morgan fingerprint density at radius 3 is 1.16 bits per heavy atom. The smallest absolute Gasteiger partial charge is 0.0713 e. The first-order chi connectivity index (χ1) is 30.3. The molecule has 0 radical (unpaired) electrons. The average Bonchev–Trinajstić information content (AvgIpc) is 3.84. The first-order valence-corrected chi connectivity index (χ1v) is 22.0. The van der Waals surface area contributed by atoms with Crippen molar-refractivity contribution in [2.24, 2.45) is 0 Å². The zero-order valence-electron chi connectivity index (χ0n) is 35.7. The predicted molar refractivity (Wildman–Crippen MR) is 259 cm³/mol. The molecule has 0 atom stereocenters. The van der Waals surface area contributed by atoms with Crippen LogP contribution in [0.5, 0.6) is 0 Å². The van der Waals surface area contributed by atoms with Crippen molar-refractivity contribution in [1.29, 1.82) is 0 Å². The van der Waals surface area contributed by atoms with Crippen LogP contribution in [0.25, 0.3) is 44.5 Å². The molecule has 9 aromatic rings. The van der Waals surface area contributed by atoms with Crippen LogP contribution in [0.15, 0.2) is 212 Å². The summed E-state index contributed by atoms with van der Waals surface area (Å²) in [6.45, 7) is 9.48. The lowest BCUT2D eigenvalue weighted by Gasteiger charge is -2.34. The minimum absolute atomic E-state index is 0.110. The number of anilines is 3. The van der Waals surface area contributed by atoms with Gasteiger partial charge < -0.3 is 4.90 Å². The van der Waals surface area contributed by atoms with Gasteiger partial charge in [-0.05, 0) is 131 Å². The molecule has 1 nitrogen and oxygen atoms in total. The van der Waals surface area contributed by atoms with Gasteiger partial charge in [-0.15, -0.1) is 0 Å². The Kier molecular flexibility index (Phi) is 7.91. The van der Waals surface area contributed by atoms with E-state index in [9.17, 15) is 0 Å². The highest BCUT2D eigenvalue weighted by molar-refractivity contribution is 5.91. The molecule has 0 bridgehead atoms. The highest BCUT2D eigenvalue weighted by atomic mass is 15.1. The largest absolute Gasteiger partial charge is 0.310 e. The summed E-state index contributed by atoms with van der Waals surface area (Å²) in [7, 11) is 0. The molecule has 0 unspecified atom stereocenters. The fourth-order valence-electron chi connectivity index (χ4n) is 11.5. The molecular weight excluding hydrogens is 747 g/mol. The van der Waals surface area contributed by atoms with Gasteiger partial charge in [-0.3, -0.25) is 0 Å². The number of benzene rings is 9. The summed E-state index contributed by atoms with van der Waals surface area (Å²) >= 11 is 0. The topological polar surface area (TPSA) is 3.24 Å². The molecular formula is C61H47N. The van der Waals surface area contributed by atoms with E-state index in [1.54, 1.807) is 0 Å². The summed E-state index contributed by atoms with van der Waals surface area (Å²) in [5.41, 5.74) is 23.9. The van der Waals surface area contributed by atoms with Crippen LogP contribution in [0.2, 0.25) is 0 Å². The van der Waals surface area contributed by atoms with Gasteiger partial charge in [0.25, 0.3) is 0 Å². The second-order valence-electron chi connectivity index (χ2n) is 18.5. The van der Waals surface area contributed by atoms with E-state index in [1.807, 2.05) is 0 Å². The third-order valence-electron chi connectivity index (χ3n) is 14.6. The van der Waals surface area contributed by atoms with Crippen molar-refractivity contribution < 1.29 is 0 Å². The monoisotopic (exact) mass is 793 g/mol. The zero-order valence-corrected chi connectivity index (χ0v) is 35.7. The Morgan fingerprint density at radius 2 is 0.645 bits per heavy atom. The molecule has 0 heterocycles. The van der Waals surface area contributed by atoms with Crippen molar-refractivity contribution in [3.8, 4) is 44.5 Å². The van der Waals surface area contributed by atoms with Crippen LogP contribution in [0, 0.1) is 0 Å². The van der Waals surface area contributed by atoms with Gasteiger partial charge in [0, 0.05) is 27.9 Å². The van der Waals surface area contributed by atoms with Gasteiger partial charge in [0.1, 0.15) is 0 Å². The van der Waals surface area contributed by atoms with Crippen LogP contribution in [-0.4, -0.2) is 0 Å². The van der Waals surface area contributed by atoms with Crippen LogP contribution in [-0.2, 0) is 16.2 Å². The molecule has 0 saturated heterocycles. The quantitative estimate of drug-likeness (QED) is 0.162. The van der Waals surface area contributed by atoms with E-state index in [0.29, 0.717) is 0 Å². The van der Waals surface area contributed by atoms with Gasteiger partial charge in [0.05, 0.1) is 5.41 Å². The Bertz CT molecular complexity index is 3080. The second kappa shape index (κ2) is 13.4. The molecule has 0 amide bonds. The fraction of sp³-hybridized carbons (Fsp3) is 0.115. The summed E-state index contributed by atoms with van der Waals surface area (Å²) in [6.07, 6.45) is 0. The Morgan fingerprint density at radius 1 is 0.274 bits per heavy atom. The van der Waals surface area contributed by atoms with Gasteiger partial charge in [-0.25, -0.2) is 0 Å². The number of fused-ring (bicyclic) bond motifs is 9. The highest BCUT2D eigenvalue weighted by Crippen LogP contribution is 2.57. The van der Waals surface area contributed by atoms with E-state index in [4.69, 9.17) is 0 Å². The molecule has 9 aromatic carbocycles. The maximum absolute atomic E-state index is 2.47. The molecule has 296 valence electrons. The van der Waals surface area contributed by atoms with Gasteiger partial charge >= 0.3 is 0 Å². The molecule has 12 rings (SSSR count). The lowest BCUT2D eigenvalue weighted by molar-refractivity contribution is 0.660. The van der Waals surface area contributed by atoms with E-state index in [2.05, 4.69) is 245 Å². The van der Waals surface area contributed by atoms with Crippen molar-refractivity contribution in [3.63, 3.8) is 0 Å². The number of hydrogen-bond acceptors (Lipinski definition) is 1. The highest BCUT2D eigenvalue weighted by Gasteiger charge is 2.46. The third kappa shape index (κ3) is 5.09. The molecule has 3 aliphatic rings. The first-order valence-electron chi connectivity index (χ1n) is 22.0. The lowest BCUT2D eigenvalue weighted by Crippen LogP contribution is -2.28. The third-order valence-corrected chi connectivity index (χ3v) is 14.6. The van der Waals surface area contributed by atoms with E-state index in [1.165, 1.54) is 89.0 Å². The van der Waals surface area contributed by atoms with Gasteiger partial charge in [0.2, 0.25) is 0 Å². The van der Waals surface area contributed by atoms with E-state index < -0.39 is 5.41 Å². The SMILES string of the molecule is CC1(C)c2ccccc2-c2ccc(N(c3ccc(-c4ccc5c(c4)C(c4ccccc4)(c4ccccc4)c4ccccc4-5)cc3)c3ccc4c(c3)C(C)(C)c3ccccc3-4)cc21. The maximum atomic E-state index is 2.47. The molecule has 62 heavy (non-hydrogen) atoms. The molecule has 3 aliphatic carbocycles. The van der Waals surface area contributed by atoms with Crippen molar-refractivity contribution in [1.82, 2.24) is 0 Å². The predicted octanol–water partition coefficient (Wildman–Crippen LogP) is 15.8. The van der Waals surface area contributed by atoms with Gasteiger partial charge in [-0.1, -0.05) is 198 Å². The van der Waals surface area contributed by atoms with Crippen LogP contribution in [0.1, 0.15) is 72.2 Å². The summed E-state index contributed by atoms with van der Waals surface area (Å²) in [4.78, 5) is 2.47. The second-order valence-corrected chi connectivity index (χ2v) is 18.5. The zero-order chi connectivity index (χ0) is 41.8. The van der Waals surface area contributed by atoms with Crippen molar-refractivity contribution in [2.75, 3.05) is 4.90 Å². The minimum atomic E-state index is -0.441. The first kappa shape index (κ1) is 36.6. The molecule has 0 aromatic heterocycles. The van der Waals surface area contributed by atoms with Crippen molar-refractivity contribution in [2.45, 2.75) is 43.9 Å². The number of hydrogen-bond donors (Lipinski definition) is 0. The summed E-state index contributed by atoms with van der Waals surface area (Å²) in [6, 6.07) is 79.6. The lowest BCUT2D eigenvalue weighted by atomic mass is 9.67. The van der Waals surface area contributed by atoms with E-state index in [-0.39, 0.29) is 10.8 Å². The van der Waals surface area contributed by atoms with Crippen LogP contribution in [0.3, 0.4) is 0 Å². The summed E-state index contributed by atoms with van der Waals surface area (Å²) in [5.74, 6) is 0. The average molecular weight is 794 g/mol. The normalized spacial score (nSPS) is 15.2. The van der Waals surface area contributed by atoms with Crippen molar-refractivity contribution >= 4 is 17.1 Å². The minimum Gasteiger partial charge on any atom is -0.310 e. The molecule has 0 aliphatic heterocycles. The van der Waals surface area contributed by atoms with E-state index in [0.717, 1.165) is 17.1 Å². The number of nitrogens with zero attached hydrogens (tertiary/aromatic N) is 1. The Hall–Kier alpha value is -7.22. The maximum Gasteiger partial charge on any atom is 0.0713 e. The van der Waals surface area contributed by atoms with Gasteiger partial charge in [0.15, 0.2) is 0 Å². The van der Waals surface area contributed by atoms with Crippen LogP contribution < -0.4 is 4.90 Å². The molecule has 0 spiro atoms. The Labute approximate surface area is 365 Å². The Balaban J connectivity index is 1.00. The van der Waals surface area contributed by atoms with Crippen LogP contribution in [0.4, 0.5) is 17.1 Å². The van der Waals surface area contributed by atoms with Gasteiger partial charge in [-0.2, -0.15) is 0 Å². The molecule has 0 saturated carbocycles. The fourth-order valence-corrected chi connectivity index (χ4v) is 11.5. The van der Waals surface area contributed by atoms with Crippen molar-refractivity contribution in [3.05, 3.63) is 257 Å². The molecule has 0 N–H and O–H groups in total.